The summed E-state index contributed by atoms with van der Waals surface area (Å²) in [5.41, 5.74) is 0. The molecular formula is C11H18N2O5S. The van der Waals surface area contributed by atoms with Crippen molar-refractivity contribution < 1.29 is 23.1 Å². The molecule has 108 valence electrons. The van der Waals surface area contributed by atoms with Crippen LogP contribution in [0.5, 0.6) is 0 Å². The fourth-order valence-corrected chi connectivity index (χ4v) is 4.37. The zero-order valence-corrected chi connectivity index (χ0v) is 11.6. The number of hydrogen-bond acceptors (Lipinski definition) is 4. The van der Waals surface area contributed by atoms with Crippen molar-refractivity contribution in [3.63, 3.8) is 0 Å². The van der Waals surface area contributed by atoms with Crippen LogP contribution in [-0.4, -0.2) is 73.0 Å². The van der Waals surface area contributed by atoms with E-state index < -0.39 is 21.7 Å². The van der Waals surface area contributed by atoms with E-state index in [9.17, 15) is 18.0 Å². The van der Waals surface area contributed by atoms with Gasteiger partial charge in [-0.25, -0.2) is 13.2 Å². The van der Waals surface area contributed by atoms with Crippen molar-refractivity contribution in [3.05, 3.63) is 0 Å². The molecule has 2 aliphatic rings. The number of nitrogens with zero attached hydrogens (tertiary/aromatic N) is 2. The average Bonchev–Trinajstić information content (AvgIpc) is 2.93. The highest BCUT2D eigenvalue weighted by molar-refractivity contribution is 7.91. The van der Waals surface area contributed by atoms with Crippen LogP contribution < -0.4 is 0 Å². The summed E-state index contributed by atoms with van der Waals surface area (Å²) in [5.74, 6) is -1.27. The summed E-state index contributed by atoms with van der Waals surface area (Å²) in [6.45, 7) is 0.623. The number of carboxylic acids is 1. The molecule has 2 rings (SSSR count). The molecule has 0 bridgehead atoms. The summed E-state index contributed by atoms with van der Waals surface area (Å²) in [6, 6.07) is -0.563. The van der Waals surface area contributed by atoms with Crippen molar-refractivity contribution in [2.45, 2.75) is 18.9 Å². The number of rotatable bonds is 2. The van der Waals surface area contributed by atoms with Crippen LogP contribution in [0, 0.1) is 5.92 Å². The van der Waals surface area contributed by atoms with Crippen LogP contribution in [0.1, 0.15) is 12.8 Å². The SMILES string of the molecule is CN(C(=O)N1CCC(C(=O)O)C1)C1CCS(=O)(=O)C1. The summed E-state index contributed by atoms with van der Waals surface area (Å²) in [4.78, 5) is 26.0. The first-order valence-electron chi connectivity index (χ1n) is 6.25. The van der Waals surface area contributed by atoms with E-state index in [4.69, 9.17) is 5.11 Å². The smallest absolute Gasteiger partial charge is 0.320 e. The molecule has 0 aromatic carbocycles. The average molecular weight is 290 g/mol. The van der Waals surface area contributed by atoms with E-state index in [0.29, 0.717) is 19.4 Å². The van der Waals surface area contributed by atoms with Gasteiger partial charge < -0.3 is 14.9 Å². The van der Waals surface area contributed by atoms with Gasteiger partial charge in [0.25, 0.3) is 0 Å². The Labute approximate surface area is 112 Å². The molecule has 7 nitrogen and oxygen atoms in total. The molecule has 2 fully saturated rings. The number of likely N-dealkylation sites (tertiary alicyclic amines) is 1. The first-order chi connectivity index (χ1) is 8.80. The van der Waals surface area contributed by atoms with Crippen molar-refractivity contribution in [2.75, 3.05) is 31.6 Å². The van der Waals surface area contributed by atoms with Crippen LogP contribution in [0.15, 0.2) is 0 Å². The van der Waals surface area contributed by atoms with Gasteiger partial charge in [0.2, 0.25) is 0 Å². The van der Waals surface area contributed by atoms with Crippen LogP contribution in [0.4, 0.5) is 4.79 Å². The highest BCUT2D eigenvalue weighted by Gasteiger charge is 2.37. The molecule has 2 amide bonds. The molecule has 8 heteroatoms. The minimum Gasteiger partial charge on any atom is -0.481 e. The van der Waals surface area contributed by atoms with Gasteiger partial charge >= 0.3 is 12.0 Å². The zero-order valence-electron chi connectivity index (χ0n) is 10.8. The fourth-order valence-electron chi connectivity index (χ4n) is 2.60. The molecule has 2 aliphatic heterocycles. The maximum Gasteiger partial charge on any atom is 0.320 e. The minimum absolute atomic E-state index is 0.00540. The Kier molecular flexibility index (Phi) is 3.71. The molecule has 0 spiro atoms. The number of amides is 2. The van der Waals surface area contributed by atoms with E-state index in [1.54, 1.807) is 7.05 Å². The quantitative estimate of drug-likeness (QED) is 0.749. The van der Waals surface area contributed by atoms with Crippen LogP contribution in [-0.2, 0) is 14.6 Å². The van der Waals surface area contributed by atoms with E-state index in [-0.39, 0.29) is 30.1 Å². The molecule has 0 aromatic rings. The Morgan fingerprint density at radius 3 is 2.47 bits per heavy atom. The van der Waals surface area contributed by atoms with Crippen molar-refractivity contribution >= 4 is 21.8 Å². The van der Waals surface area contributed by atoms with E-state index in [2.05, 4.69) is 0 Å². The minimum atomic E-state index is -3.03. The van der Waals surface area contributed by atoms with Gasteiger partial charge in [-0.2, -0.15) is 0 Å². The number of aliphatic carboxylic acids is 1. The third kappa shape index (κ3) is 2.99. The van der Waals surface area contributed by atoms with Crippen molar-refractivity contribution in [1.29, 1.82) is 0 Å². The molecule has 19 heavy (non-hydrogen) atoms. The molecular weight excluding hydrogens is 272 g/mol. The first kappa shape index (κ1) is 14.1. The van der Waals surface area contributed by atoms with Gasteiger partial charge in [-0.15, -0.1) is 0 Å². The lowest BCUT2D eigenvalue weighted by atomic mass is 10.1. The normalized spacial score (nSPS) is 29.4. The molecule has 2 unspecified atom stereocenters. The molecule has 0 saturated carbocycles. The van der Waals surface area contributed by atoms with Crippen molar-refractivity contribution in [2.24, 2.45) is 5.92 Å². The molecule has 0 aliphatic carbocycles. The number of carbonyl (C=O) groups is 2. The summed E-state index contributed by atoms with van der Waals surface area (Å²) in [6.07, 6.45) is 0.915. The molecule has 2 heterocycles. The fraction of sp³-hybridized carbons (Fsp3) is 0.818. The standard InChI is InChI=1S/C11H18N2O5S/c1-12(9-3-5-19(17,18)7-9)11(16)13-4-2-8(6-13)10(14)15/h8-9H,2-7H2,1H3,(H,14,15). The van der Waals surface area contributed by atoms with Crippen LogP contribution in [0.2, 0.25) is 0 Å². The molecule has 2 saturated heterocycles. The summed E-state index contributed by atoms with van der Waals surface area (Å²) in [5, 5.41) is 8.90. The predicted octanol–water partition coefficient (Wildman–Crippen LogP) is -0.368. The molecule has 0 radical (unpaired) electrons. The van der Waals surface area contributed by atoms with Crippen molar-refractivity contribution in [1.82, 2.24) is 9.80 Å². The van der Waals surface area contributed by atoms with Gasteiger partial charge in [-0.3, -0.25) is 4.79 Å². The molecule has 2 atom stereocenters. The van der Waals surface area contributed by atoms with Gasteiger partial charge in [0.05, 0.1) is 17.4 Å². The zero-order chi connectivity index (χ0) is 14.2. The predicted molar refractivity (Wildman–Crippen MR) is 67.5 cm³/mol. The van der Waals surface area contributed by atoms with Crippen LogP contribution in [0.25, 0.3) is 0 Å². The van der Waals surface area contributed by atoms with E-state index in [1.165, 1.54) is 9.80 Å². The maximum absolute atomic E-state index is 12.2. The maximum atomic E-state index is 12.2. The van der Waals surface area contributed by atoms with Gasteiger partial charge in [-0.1, -0.05) is 0 Å². The van der Waals surface area contributed by atoms with Gasteiger partial charge in [0.15, 0.2) is 9.84 Å². The lowest BCUT2D eigenvalue weighted by Gasteiger charge is -2.28. The first-order valence-corrected chi connectivity index (χ1v) is 8.07. The van der Waals surface area contributed by atoms with Gasteiger partial charge in [0, 0.05) is 26.2 Å². The largest absolute Gasteiger partial charge is 0.481 e. The van der Waals surface area contributed by atoms with Crippen LogP contribution >= 0.6 is 0 Å². The Morgan fingerprint density at radius 1 is 1.32 bits per heavy atom. The topological polar surface area (TPSA) is 95.0 Å². The van der Waals surface area contributed by atoms with Gasteiger partial charge in [0.1, 0.15) is 0 Å². The van der Waals surface area contributed by atoms with E-state index in [1.807, 2.05) is 0 Å². The second-order valence-electron chi connectivity index (χ2n) is 5.22. The number of carboxylic acid groups (broad SMARTS) is 1. The highest BCUT2D eigenvalue weighted by Crippen LogP contribution is 2.21. The van der Waals surface area contributed by atoms with E-state index in [0.717, 1.165) is 0 Å². The third-order valence-corrected chi connectivity index (χ3v) is 5.62. The Bertz CT molecular complexity index is 489. The second-order valence-corrected chi connectivity index (χ2v) is 7.45. The lowest BCUT2D eigenvalue weighted by Crippen LogP contribution is -2.45. The highest BCUT2D eigenvalue weighted by atomic mass is 32.2. The van der Waals surface area contributed by atoms with Crippen LogP contribution in [0.3, 0.4) is 0 Å². The molecule has 0 aromatic heterocycles. The Balaban J connectivity index is 1.95. The number of sulfone groups is 1. The van der Waals surface area contributed by atoms with Gasteiger partial charge in [-0.05, 0) is 12.8 Å². The number of carbonyl (C=O) groups excluding carboxylic acids is 1. The monoisotopic (exact) mass is 290 g/mol. The summed E-state index contributed by atoms with van der Waals surface area (Å²) in [7, 11) is -1.44. The Morgan fingerprint density at radius 2 is 2.00 bits per heavy atom. The Hall–Kier alpha value is -1.31. The third-order valence-electron chi connectivity index (χ3n) is 3.87. The molecule has 1 N–H and O–H groups in total. The van der Waals surface area contributed by atoms with E-state index >= 15 is 0 Å². The number of urea groups is 1. The summed E-state index contributed by atoms with van der Waals surface area (Å²) < 4.78 is 22.8. The second kappa shape index (κ2) is 4.99. The number of hydrogen-bond donors (Lipinski definition) is 1. The van der Waals surface area contributed by atoms with Crippen molar-refractivity contribution in [3.8, 4) is 0 Å². The summed E-state index contributed by atoms with van der Waals surface area (Å²) >= 11 is 0. The lowest BCUT2D eigenvalue weighted by molar-refractivity contribution is -0.141.